The molecule has 0 heterocycles. The highest BCUT2D eigenvalue weighted by Gasteiger charge is 2.13. The fourth-order valence-corrected chi connectivity index (χ4v) is 1.52. The van der Waals surface area contributed by atoms with Gasteiger partial charge in [0.2, 0.25) is 5.91 Å². The van der Waals surface area contributed by atoms with E-state index in [9.17, 15) is 9.59 Å². The first-order chi connectivity index (χ1) is 6.57. The number of carbonyl (C=O) groups excluding carboxylic acids is 2. The molecule has 0 saturated heterocycles. The molecule has 0 saturated carbocycles. The quantitative estimate of drug-likeness (QED) is 0.445. The van der Waals surface area contributed by atoms with Crippen molar-refractivity contribution in [2.24, 2.45) is 11.5 Å². The minimum absolute atomic E-state index is 0.259. The first-order valence-electron chi connectivity index (χ1n) is 4.36. The molecule has 14 heavy (non-hydrogen) atoms. The van der Waals surface area contributed by atoms with Crippen LogP contribution in [-0.4, -0.2) is 36.0 Å². The Bertz CT molecular complexity index is 199. The highest BCUT2D eigenvalue weighted by Crippen LogP contribution is 2.04. The maximum absolute atomic E-state index is 11.0. The molecule has 0 fully saturated rings. The van der Waals surface area contributed by atoms with Gasteiger partial charge in [-0.1, -0.05) is 0 Å². The van der Waals surface area contributed by atoms with Crippen molar-refractivity contribution in [1.82, 2.24) is 0 Å². The molecule has 1 amide bonds. The van der Waals surface area contributed by atoms with E-state index in [2.05, 4.69) is 0 Å². The highest BCUT2D eigenvalue weighted by atomic mass is 32.2. The van der Waals surface area contributed by atoms with Gasteiger partial charge in [0.1, 0.15) is 6.04 Å². The molecule has 0 rings (SSSR count). The number of primary amides is 1. The van der Waals surface area contributed by atoms with E-state index in [1.807, 2.05) is 0 Å². The lowest BCUT2D eigenvalue weighted by Crippen LogP contribution is -2.32. The number of nitrogens with two attached hydrogens (primary N) is 2. The molecule has 0 spiro atoms. The lowest BCUT2D eigenvalue weighted by Gasteiger charge is -2.09. The van der Waals surface area contributed by atoms with Gasteiger partial charge in [-0.3, -0.25) is 9.59 Å². The second-order valence-electron chi connectivity index (χ2n) is 2.67. The van der Waals surface area contributed by atoms with E-state index >= 15 is 0 Å². The molecule has 6 heteroatoms. The second kappa shape index (κ2) is 7.64. The average molecular weight is 220 g/mol. The zero-order chi connectivity index (χ0) is 11.0. The first-order valence-corrected chi connectivity index (χ1v) is 5.51. The molecule has 0 aliphatic heterocycles. The van der Waals surface area contributed by atoms with Crippen molar-refractivity contribution in [3.63, 3.8) is 0 Å². The van der Waals surface area contributed by atoms with E-state index in [0.717, 1.165) is 0 Å². The van der Waals surface area contributed by atoms with Gasteiger partial charge in [0.25, 0.3) is 0 Å². The van der Waals surface area contributed by atoms with Crippen LogP contribution in [0.1, 0.15) is 13.3 Å². The number of hydrogen-bond donors (Lipinski definition) is 2. The predicted molar refractivity (Wildman–Crippen MR) is 55.7 cm³/mol. The molecular weight excluding hydrogens is 204 g/mol. The second-order valence-corrected chi connectivity index (χ2v) is 3.77. The van der Waals surface area contributed by atoms with E-state index in [0.29, 0.717) is 18.8 Å². The molecule has 0 aromatic heterocycles. The first kappa shape index (κ1) is 13.2. The van der Waals surface area contributed by atoms with E-state index in [4.69, 9.17) is 16.2 Å². The third-order valence-corrected chi connectivity index (χ3v) is 2.42. The summed E-state index contributed by atoms with van der Waals surface area (Å²) in [7, 11) is 0. The Morgan fingerprint density at radius 1 is 1.50 bits per heavy atom. The van der Waals surface area contributed by atoms with Crippen LogP contribution in [0, 0.1) is 0 Å². The Morgan fingerprint density at radius 3 is 2.64 bits per heavy atom. The lowest BCUT2D eigenvalue weighted by atomic mass is 10.2. The van der Waals surface area contributed by atoms with Crippen LogP contribution in [0.4, 0.5) is 0 Å². The predicted octanol–water partition coefficient (Wildman–Crippen LogP) is -0.515. The van der Waals surface area contributed by atoms with E-state index in [-0.39, 0.29) is 11.7 Å². The highest BCUT2D eigenvalue weighted by molar-refractivity contribution is 7.99. The summed E-state index contributed by atoms with van der Waals surface area (Å²) in [5.74, 6) is 0.130. The fraction of sp³-hybridized carbons (Fsp3) is 0.750. The molecule has 0 aromatic carbocycles. The summed E-state index contributed by atoms with van der Waals surface area (Å²) >= 11 is 1.36. The van der Waals surface area contributed by atoms with Gasteiger partial charge >= 0.3 is 5.97 Å². The summed E-state index contributed by atoms with van der Waals surface area (Å²) < 4.78 is 4.72. The zero-order valence-electron chi connectivity index (χ0n) is 8.19. The third-order valence-electron chi connectivity index (χ3n) is 1.41. The van der Waals surface area contributed by atoms with Crippen molar-refractivity contribution in [3.8, 4) is 0 Å². The number of esters is 1. The van der Waals surface area contributed by atoms with Crippen molar-refractivity contribution in [2.45, 2.75) is 19.4 Å². The molecule has 1 atom stereocenters. The van der Waals surface area contributed by atoms with Crippen LogP contribution in [0.15, 0.2) is 0 Å². The molecule has 0 radical (unpaired) electrons. The smallest absolute Gasteiger partial charge is 0.322 e. The van der Waals surface area contributed by atoms with Gasteiger partial charge < -0.3 is 16.2 Å². The Morgan fingerprint density at radius 2 is 2.14 bits per heavy atom. The van der Waals surface area contributed by atoms with Gasteiger partial charge in [0.15, 0.2) is 0 Å². The van der Waals surface area contributed by atoms with Crippen LogP contribution in [-0.2, 0) is 14.3 Å². The van der Waals surface area contributed by atoms with Gasteiger partial charge in [-0.2, -0.15) is 11.8 Å². The summed E-state index contributed by atoms with van der Waals surface area (Å²) in [6, 6.07) is -0.602. The maximum atomic E-state index is 11.0. The molecule has 82 valence electrons. The summed E-state index contributed by atoms with van der Waals surface area (Å²) in [6.45, 7) is 2.06. The number of ether oxygens (including phenoxy) is 1. The number of rotatable bonds is 7. The van der Waals surface area contributed by atoms with Crippen molar-refractivity contribution in [1.29, 1.82) is 0 Å². The van der Waals surface area contributed by atoms with Crippen molar-refractivity contribution in [2.75, 3.05) is 18.1 Å². The summed E-state index contributed by atoms with van der Waals surface area (Å²) in [4.78, 5) is 21.4. The van der Waals surface area contributed by atoms with Crippen LogP contribution < -0.4 is 11.5 Å². The van der Waals surface area contributed by atoms with Crippen LogP contribution in [0.3, 0.4) is 0 Å². The van der Waals surface area contributed by atoms with Crippen molar-refractivity contribution < 1.29 is 14.3 Å². The van der Waals surface area contributed by atoms with E-state index in [1.165, 1.54) is 11.8 Å². The van der Waals surface area contributed by atoms with Crippen LogP contribution in [0.5, 0.6) is 0 Å². The van der Waals surface area contributed by atoms with E-state index < -0.39 is 12.0 Å². The zero-order valence-corrected chi connectivity index (χ0v) is 9.01. The third kappa shape index (κ3) is 6.73. The number of thioether (sulfide) groups is 1. The molecule has 0 aliphatic carbocycles. The Kier molecular flexibility index (Phi) is 7.23. The Hall–Kier alpha value is -0.750. The van der Waals surface area contributed by atoms with Crippen LogP contribution in [0.2, 0.25) is 0 Å². The number of amides is 1. The van der Waals surface area contributed by atoms with Gasteiger partial charge in [0, 0.05) is 0 Å². The largest absolute Gasteiger partial charge is 0.465 e. The average Bonchev–Trinajstić information content (AvgIpc) is 2.12. The number of carbonyl (C=O) groups is 2. The lowest BCUT2D eigenvalue weighted by molar-refractivity contribution is -0.144. The van der Waals surface area contributed by atoms with Gasteiger partial charge in [0.05, 0.1) is 12.4 Å². The van der Waals surface area contributed by atoms with Gasteiger partial charge in [-0.05, 0) is 19.1 Å². The van der Waals surface area contributed by atoms with E-state index in [1.54, 1.807) is 6.92 Å². The normalized spacial score (nSPS) is 12.1. The standard InChI is InChI=1S/C8H16N2O3S/c1-2-13-8(12)6(9)3-4-14-5-7(10)11/h6H,2-5,9H2,1H3,(H2,10,11). The monoisotopic (exact) mass is 220 g/mol. The van der Waals surface area contributed by atoms with Gasteiger partial charge in [-0.25, -0.2) is 0 Å². The maximum Gasteiger partial charge on any atom is 0.322 e. The molecule has 0 aliphatic rings. The molecule has 5 nitrogen and oxygen atoms in total. The Balaban J connectivity index is 3.48. The fourth-order valence-electron chi connectivity index (χ4n) is 0.750. The molecule has 1 unspecified atom stereocenters. The minimum Gasteiger partial charge on any atom is -0.465 e. The molecule has 0 aromatic rings. The minimum atomic E-state index is -0.602. The van der Waals surface area contributed by atoms with Crippen LogP contribution in [0.25, 0.3) is 0 Å². The van der Waals surface area contributed by atoms with Crippen LogP contribution >= 0.6 is 11.8 Å². The number of hydrogen-bond acceptors (Lipinski definition) is 5. The van der Waals surface area contributed by atoms with Gasteiger partial charge in [-0.15, -0.1) is 0 Å². The van der Waals surface area contributed by atoms with Crippen molar-refractivity contribution in [3.05, 3.63) is 0 Å². The van der Waals surface area contributed by atoms with Crippen molar-refractivity contribution >= 4 is 23.6 Å². The molecular formula is C8H16N2O3S. The summed E-state index contributed by atoms with van der Waals surface area (Å²) in [5, 5.41) is 0. The SMILES string of the molecule is CCOC(=O)C(N)CCSCC(N)=O. The summed E-state index contributed by atoms with van der Waals surface area (Å²) in [5.41, 5.74) is 10.5. The topological polar surface area (TPSA) is 95.4 Å². The summed E-state index contributed by atoms with van der Waals surface area (Å²) in [6.07, 6.45) is 0.497. The Labute approximate surface area is 87.5 Å². The molecule has 4 N–H and O–H groups in total. The molecule has 0 bridgehead atoms.